The van der Waals surface area contributed by atoms with Crippen LogP contribution in [0.3, 0.4) is 0 Å². The molecular weight excluding hydrogens is 300 g/mol. The van der Waals surface area contributed by atoms with Gasteiger partial charge in [-0.2, -0.15) is 5.26 Å². The van der Waals surface area contributed by atoms with Crippen LogP contribution in [-0.2, 0) is 10.0 Å². The number of rotatable bonds is 6. The van der Waals surface area contributed by atoms with Crippen molar-refractivity contribution in [1.29, 1.82) is 5.26 Å². The summed E-state index contributed by atoms with van der Waals surface area (Å²) in [5, 5.41) is 17.8. The van der Waals surface area contributed by atoms with Crippen LogP contribution >= 0.6 is 11.6 Å². The monoisotopic (exact) mass is 316 g/mol. The van der Waals surface area contributed by atoms with E-state index in [9.17, 15) is 8.42 Å². The van der Waals surface area contributed by atoms with E-state index in [4.69, 9.17) is 22.0 Å². The van der Waals surface area contributed by atoms with Crippen molar-refractivity contribution in [2.75, 3.05) is 6.61 Å². The lowest BCUT2D eigenvalue weighted by Gasteiger charge is -2.21. The molecule has 0 saturated heterocycles. The van der Waals surface area contributed by atoms with Gasteiger partial charge in [0.15, 0.2) is 0 Å². The molecule has 5 nitrogen and oxygen atoms in total. The summed E-state index contributed by atoms with van der Waals surface area (Å²) in [5.74, 6) is 0.0470. The highest BCUT2D eigenvalue weighted by atomic mass is 35.5. The van der Waals surface area contributed by atoms with Crippen LogP contribution < -0.4 is 4.72 Å². The van der Waals surface area contributed by atoms with E-state index < -0.39 is 10.0 Å². The highest BCUT2D eigenvalue weighted by Crippen LogP contribution is 2.21. The molecule has 2 N–H and O–H groups in total. The molecule has 0 spiro atoms. The molecule has 110 valence electrons. The minimum atomic E-state index is -3.73. The fraction of sp³-hybridized carbons (Fsp3) is 0.462. The molecule has 0 amide bonds. The number of aliphatic hydroxyl groups is 1. The summed E-state index contributed by atoms with van der Waals surface area (Å²) >= 11 is 5.84. The number of sulfonamides is 1. The Hall–Kier alpha value is -1.13. The third-order valence-corrected chi connectivity index (χ3v) is 4.72. The molecule has 0 radical (unpaired) electrons. The van der Waals surface area contributed by atoms with Crippen molar-refractivity contribution in [3.8, 4) is 6.07 Å². The predicted molar refractivity (Wildman–Crippen MR) is 76.8 cm³/mol. The molecule has 0 bridgehead atoms. The topological polar surface area (TPSA) is 90.2 Å². The molecular formula is C13H17ClN2O3S. The molecule has 20 heavy (non-hydrogen) atoms. The lowest BCUT2D eigenvalue weighted by molar-refractivity contribution is 0.256. The van der Waals surface area contributed by atoms with Gasteiger partial charge < -0.3 is 5.11 Å². The van der Waals surface area contributed by atoms with Crippen LogP contribution in [0.15, 0.2) is 23.1 Å². The fourth-order valence-electron chi connectivity index (χ4n) is 1.69. The van der Waals surface area contributed by atoms with Crippen molar-refractivity contribution >= 4 is 21.6 Å². The van der Waals surface area contributed by atoms with E-state index in [1.54, 1.807) is 0 Å². The lowest BCUT2D eigenvalue weighted by atomic mass is 10.0. The SMILES string of the molecule is CC(C)C(CCO)NS(=O)(=O)c1ccc(C#N)c(Cl)c1. The first kappa shape index (κ1) is 16.9. The molecule has 0 heterocycles. The number of benzene rings is 1. The Morgan fingerprint density at radius 3 is 2.55 bits per heavy atom. The van der Waals surface area contributed by atoms with Crippen LogP contribution in [-0.4, -0.2) is 26.2 Å². The van der Waals surface area contributed by atoms with Crippen molar-refractivity contribution < 1.29 is 13.5 Å². The highest BCUT2D eigenvalue weighted by molar-refractivity contribution is 7.89. The molecule has 1 rings (SSSR count). The molecule has 0 aliphatic heterocycles. The van der Waals surface area contributed by atoms with Crippen LogP contribution in [0.1, 0.15) is 25.8 Å². The second-order valence-electron chi connectivity index (χ2n) is 4.74. The summed E-state index contributed by atoms with van der Waals surface area (Å²) in [6, 6.07) is 5.46. The molecule has 1 atom stereocenters. The second-order valence-corrected chi connectivity index (χ2v) is 6.86. The maximum Gasteiger partial charge on any atom is 0.240 e. The Morgan fingerprint density at radius 1 is 1.45 bits per heavy atom. The fourth-order valence-corrected chi connectivity index (χ4v) is 3.42. The summed E-state index contributed by atoms with van der Waals surface area (Å²) in [7, 11) is -3.73. The van der Waals surface area contributed by atoms with Crippen molar-refractivity contribution in [2.45, 2.75) is 31.2 Å². The van der Waals surface area contributed by atoms with Gasteiger partial charge in [-0.05, 0) is 30.5 Å². The number of hydrogen-bond donors (Lipinski definition) is 2. The number of halogens is 1. The Kier molecular flexibility index (Phi) is 5.96. The van der Waals surface area contributed by atoms with Crippen molar-refractivity contribution in [2.24, 2.45) is 5.92 Å². The Bertz CT molecular complexity index is 609. The molecule has 1 unspecified atom stereocenters. The Labute approximate surface area is 124 Å². The minimum Gasteiger partial charge on any atom is -0.396 e. The maximum atomic E-state index is 12.2. The first-order valence-corrected chi connectivity index (χ1v) is 8.00. The van der Waals surface area contributed by atoms with Gasteiger partial charge >= 0.3 is 0 Å². The number of nitrogens with one attached hydrogen (secondary N) is 1. The summed E-state index contributed by atoms with van der Waals surface area (Å²) < 4.78 is 27.0. The zero-order valence-electron chi connectivity index (χ0n) is 11.3. The molecule has 0 aromatic heterocycles. The zero-order chi connectivity index (χ0) is 15.3. The van der Waals surface area contributed by atoms with E-state index in [0.29, 0.717) is 6.42 Å². The number of hydrogen-bond acceptors (Lipinski definition) is 4. The van der Waals surface area contributed by atoms with E-state index in [1.807, 2.05) is 19.9 Å². The molecule has 1 aromatic rings. The highest BCUT2D eigenvalue weighted by Gasteiger charge is 2.22. The van der Waals surface area contributed by atoms with Crippen LogP contribution in [0.5, 0.6) is 0 Å². The van der Waals surface area contributed by atoms with E-state index in [2.05, 4.69) is 4.72 Å². The smallest absolute Gasteiger partial charge is 0.240 e. The third-order valence-electron chi connectivity index (χ3n) is 2.92. The molecule has 0 aliphatic rings. The van der Waals surface area contributed by atoms with Gasteiger partial charge in [0, 0.05) is 12.6 Å². The molecule has 7 heteroatoms. The average molecular weight is 317 g/mol. The van der Waals surface area contributed by atoms with Gasteiger partial charge in [-0.3, -0.25) is 0 Å². The first-order chi connectivity index (χ1) is 9.31. The summed E-state index contributed by atoms with van der Waals surface area (Å²) in [6.45, 7) is 3.64. The van der Waals surface area contributed by atoms with Crippen LogP contribution in [0.4, 0.5) is 0 Å². The Morgan fingerprint density at radius 2 is 2.10 bits per heavy atom. The van der Waals surface area contributed by atoms with E-state index in [-0.39, 0.29) is 34.0 Å². The quantitative estimate of drug-likeness (QED) is 0.838. The molecule has 0 saturated carbocycles. The van der Waals surface area contributed by atoms with Gasteiger partial charge in [-0.1, -0.05) is 25.4 Å². The zero-order valence-corrected chi connectivity index (χ0v) is 12.9. The molecule has 0 fully saturated rings. The van der Waals surface area contributed by atoms with Gasteiger partial charge in [0.2, 0.25) is 10.0 Å². The maximum absolute atomic E-state index is 12.2. The number of nitriles is 1. The lowest BCUT2D eigenvalue weighted by Crippen LogP contribution is -2.39. The summed E-state index contributed by atoms with van der Waals surface area (Å²) in [6.07, 6.45) is 0.334. The van der Waals surface area contributed by atoms with Gasteiger partial charge in [-0.15, -0.1) is 0 Å². The van der Waals surface area contributed by atoms with Crippen molar-refractivity contribution in [1.82, 2.24) is 4.72 Å². The number of aliphatic hydroxyl groups excluding tert-OH is 1. The van der Waals surface area contributed by atoms with Gasteiger partial charge in [0.05, 0.1) is 15.5 Å². The van der Waals surface area contributed by atoms with Gasteiger partial charge in [0.25, 0.3) is 0 Å². The van der Waals surface area contributed by atoms with Crippen LogP contribution in [0.2, 0.25) is 5.02 Å². The van der Waals surface area contributed by atoms with Crippen molar-refractivity contribution in [3.05, 3.63) is 28.8 Å². The minimum absolute atomic E-state index is 0.00471. The predicted octanol–water partition coefficient (Wildman–Crippen LogP) is 1.90. The van der Waals surface area contributed by atoms with Crippen LogP contribution in [0, 0.1) is 17.2 Å². The average Bonchev–Trinajstić information content (AvgIpc) is 2.37. The first-order valence-electron chi connectivity index (χ1n) is 6.14. The van der Waals surface area contributed by atoms with E-state index in [0.717, 1.165) is 0 Å². The summed E-state index contributed by atoms with van der Waals surface area (Å²) in [4.78, 5) is 0.00471. The van der Waals surface area contributed by atoms with Crippen LogP contribution in [0.25, 0.3) is 0 Å². The normalized spacial score (nSPS) is 13.2. The van der Waals surface area contributed by atoms with Gasteiger partial charge in [0.1, 0.15) is 6.07 Å². The second kappa shape index (κ2) is 7.04. The van der Waals surface area contributed by atoms with Crippen molar-refractivity contribution in [3.63, 3.8) is 0 Å². The molecule has 1 aromatic carbocycles. The summed E-state index contributed by atoms with van der Waals surface area (Å²) in [5.41, 5.74) is 0.224. The third kappa shape index (κ3) is 4.18. The standard InChI is InChI=1S/C13H17ClN2O3S/c1-9(2)13(5-6-17)16-20(18,19)11-4-3-10(8-15)12(14)7-11/h3-4,7,9,13,16-17H,5-6H2,1-2H3. The van der Waals surface area contributed by atoms with E-state index >= 15 is 0 Å². The van der Waals surface area contributed by atoms with E-state index in [1.165, 1.54) is 18.2 Å². The Balaban J connectivity index is 3.05. The number of nitrogens with zero attached hydrogens (tertiary/aromatic N) is 1. The largest absolute Gasteiger partial charge is 0.396 e. The van der Waals surface area contributed by atoms with Gasteiger partial charge in [-0.25, -0.2) is 13.1 Å². The molecule has 0 aliphatic carbocycles.